The lowest BCUT2D eigenvalue weighted by Crippen LogP contribution is -1.97. The van der Waals surface area contributed by atoms with Gasteiger partial charge in [-0.15, -0.1) is 11.3 Å². The minimum absolute atomic E-state index is 0.347. The summed E-state index contributed by atoms with van der Waals surface area (Å²) in [6.07, 6.45) is 7.57. The molecule has 0 radical (unpaired) electrons. The first-order valence-electron chi connectivity index (χ1n) is 4.89. The third-order valence-corrected chi connectivity index (χ3v) is 2.54. The van der Waals surface area contributed by atoms with E-state index in [2.05, 4.69) is 11.8 Å². The molecule has 0 aromatic carbocycles. The first kappa shape index (κ1) is 11.8. The number of allylic oxidation sites excluding steroid dienone is 3. The predicted octanol–water partition coefficient (Wildman–Crippen LogP) is 2.98. The minimum atomic E-state index is -0.347. The van der Waals surface area contributed by atoms with E-state index in [1.807, 2.05) is 36.6 Å². The highest BCUT2D eigenvalue weighted by molar-refractivity contribution is 7.10. The summed E-state index contributed by atoms with van der Waals surface area (Å²) >= 11 is 1.63. The Balaban J connectivity index is 2.37. The Bertz CT molecular complexity index is 376. The van der Waals surface area contributed by atoms with Crippen LogP contribution in [0.4, 0.5) is 0 Å². The van der Waals surface area contributed by atoms with E-state index in [9.17, 15) is 5.11 Å². The maximum Gasteiger partial charge on any atom is 0.0771 e. The van der Waals surface area contributed by atoms with Gasteiger partial charge in [0.25, 0.3) is 0 Å². The molecule has 2 heteroatoms. The molecule has 15 heavy (non-hydrogen) atoms. The van der Waals surface area contributed by atoms with Gasteiger partial charge < -0.3 is 5.11 Å². The first-order chi connectivity index (χ1) is 7.33. The lowest BCUT2D eigenvalue weighted by Gasteiger charge is -1.95. The quantitative estimate of drug-likeness (QED) is 0.611. The number of hydrogen-bond donors (Lipinski definition) is 1. The standard InChI is InChI=1S/C13H14OS/c1-2-12(14)8-5-3-4-6-9-13-10-7-11-15-13/h3-5,7-8,10-12,14H,2H2,1H3/t12-/m1/s1. The fourth-order valence-electron chi connectivity index (χ4n) is 0.895. The van der Waals surface area contributed by atoms with Gasteiger partial charge in [-0.3, -0.25) is 0 Å². The van der Waals surface area contributed by atoms with Crippen LogP contribution in [0.3, 0.4) is 0 Å². The molecule has 0 amide bonds. The molecule has 0 unspecified atom stereocenters. The van der Waals surface area contributed by atoms with E-state index in [0.717, 1.165) is 11.3 Å². The second-order valence-corrected chi connectivity index (χ2v) is 3.91. The van der Waals surface area contributed by atoms with Crippen molar-refractivity contribution in [1.82, 2.24) is 0 Å². The fraction of sp³-hybridized carbons (Fsp3) is 0.231. The molecule has 78 valence electrons. The van der Waals surface area contributed by atoms with Crippen LogP contribution in [-0.2, 0) is 0 Å². The molecule has 0 aliphatic heterocycles. The lowest BCUT2D eigenvalue weighted by molar-refractivity contribution is 0.219. The Hall–Kier alpha value is -1.30. The molecule has 0 aliphatic rings. The number of aliphatic hydroxyl groups excluding tert-OH is 1. The van der Waals surface area contributed by atoms with Gasteiger partial charge >= 0.3 is 0 Å². The fourth-order valence-corrected chi connectivity index (χ4v) is 1.47. The van der Waals surface area contributed by atoms with E-state index in [0.29, 0.717) is 0 Å². The van der Waals surface area contributed by atoms with E-state index < -0.39 is 0 Å². The molecule has 1 aromatic rings. The molecular weight excluding hydrogens is 204 g/mol. The molecule has 0 saturated carbocycles. The Morgan fingerprint density at radius 1 is 1.53 bits per heavy atom. The number of aliphatic hydroxyl groups is 1. The largest absolute Gasteiger partial charge is 0.389 e. The zero-order valence-corrected chi connectivity index (χ0v) is 9.50. The monoisotopic (exact) mass is 218 g/mol. The van der Waals surface area contributed by atoms with Crippen molar-refractivity contribution in [3.8, 4) is 11.8 Å². The highest BCUT2D eigenvalue weighted by atomic mass is 32.1. The van der Waals surface area contributed by atoms with Crippen molar-refractivity contribution >= 4 is 11.3 Å². The zero-order valence-electron chi connectivity index (χ0n) is 8.68. The molecule has 0 spiro atoms. The third-order valence-electron chi connectivity index (χ3n) is 1.76. The van der Waals surface area contributed by atoms with E-state index in [-0.39, 0.29) is 6.10 Å². The highest BCUT2D eigenvalue weighted by Gasteiger charge is 1.88. The number of hydrogen-bond acceptors (Lipinski definition) is 2. The maximum absolute atomic E-state index is 9.21. The zero-order chi connectivity index (χ0) is 10.9. The van der Waals surface area contributed by atoms with E-state index in [1.165, 1.54) is 0 Å². The van der Waals surface area contributed by atoms with Crippen molar-refractivity contribution in [1.29, 1.82) is 0 Å². The van der Waals surface area contributed by atoms with Crippen LogP contribution in [0.15, 0.2) is 41.8 Å². The van der Waals surface area contributed by atoms with Crippen molar-refractivity contribution in [2.24, 2.45) is 0 Å². The van der Waals surface area contributed by atoms with E-state index >= 15 is 0 Å². The Kier molecular flexibility index (Phi) is 5.54. The lowest BCUT2D eigenvalue weighted by atomic mass is 10.2. The van der Waals surface area contributed by atoms with Crippen LogP contribution in [0.5, 0.6) is 0 Å². The number of rotatable bonds is 3. The molecule has 0 saturated heterocycles. The van der Waals surface area contributed by atoms with Gasteiger partial charge in [0, 0.05) is 0 Å². The topological polar surface area (TPSA) is 20.2 Å². The summed E-state index contributed by atoms with van der Waals surface area (Å²) < 4.78 is 0. The Labute approximate surface area is 94.8 Å². The van der Waals surface area contributed by atoms with Crippen LogP contribution < -0.4 is 0 Å². The molecule has 0 aliphatic carbocycles. The van der Waals surface area contributed by atoms with Crippen molar-refractivity contribution in [3.63, 3.8) is 0 Å². The minimum Gasteiger partial charge on any atom is -0.389 e. The van der Waals surface area contributed by atoms with E-state index in [1.54, 1.807) is 23.5 Å². The van der Waals surface area contributed by atoms with Gasteiger partial charge in [0.1, 0.15) is 0 Å². The third kappa shape index (κ3) is 5.21. The summed E-state index contributed by atoms with van der Waals surface area (Å²) in [5, 5.41) is 11.2. The molecule has 1 rings (SSSR count). The Morgan fingerprint density at radius 2 is 2.40 bits per heavy atom. The molecular formula is C13H14OS. The van der Waals surface area contributed by atoms with Crippen molar-refractivity contribution in [2.45, 2.75) is 19.4 Å². The molecule has 0 bridgehead atoms. The average Bonchev–Trinajstić information content (AvgIpc) is 2.75. The molecule has 1 atom stereocenters. The van der Waals surface area contributed by atoms with E-state index in [4.69, 9.17) is 0 Å². The van der Waals surface area contributed by atoms with Gasteiger partial charge in [-0.05, 0) is 23.9 Å². The van der Waals surface area contributed by atoms with Crippen molar-refractivity contribution < 1.29 is 5.11 Å². The van der Waals surface area contributed by atoms with Crippen LogP contribution in [0.2, 0.25) is 0 Å². The average molecular weight is 218 g/mol. The van der Waals surface area contributed by atoms with Crippen LogP contribution in [0.25, 0.3) is 0 Å². The van der Waals surface area contributed by atoms with Gasteiger partial charge in [0.2, 0.25) is 0 Å². The van der Waals surface area contributed by atoms with Gasteiger partial charge in [-0.2, -0.15) is 0 Å². The van der Waals surface area contributed by atoms with Gasteiger partial charge in [0.15, 0.2) is 0 Å². The first-order valence-corrected chi connectivity index (χ1v) is 5.77. The summed E-state index contributed by atoms with van der Waals surface area (Å²) in [5.74, 6) is 5.94. The highest BCUT2D eigenvalue weighted by Crippen LogP contribution is 2.05. The summed E-state index contributed by atoms with van der Waals surface area (Å²) in [4.78, 5) is 1.07. The van der Waals surface area contributed by atoms with Crippen LogP contribution in [0.1, 0.15) is 18.2 Å². The predicted molar refractivity (Wildman–Crippen MR) is 65.8 cm³/mol. The van der Waals surface area contributed by atoms with Gasteiger partial charge in [-0.1, -0.05) is 43.1 Å². The second-order valence-electron chi connectivity index (χ2n) is 2.97. The molecule has 1 heterocycles. The summed E-state index contributed by atoms with van der Waals surface area (Å²) in [7, 11) is 0. The molecule has 1 nitrogen and oxygen atoms in total. The summed E-state index contributed by atoms with van der Waals surface area (Å²) in [5.41, 5.74) is 0. The van der Waals surface area contributed by atoms with Crippen molar-refractivity contribution in [2.75, 3.05) is 0 Å². The van der Waals surface area contributed by atoms with Gasteiger partial charge in [0.05, 0.1) is 11.0 Å². The van der Waals surface area contributed by atoms with Crippen molar-refractivity contribution in [3.05, 3.63) is 46.7 Å². The maximum atomic E-state index is 9.21. The second kappa shape index (κ2) is 7.05. The Morgan fingerprint density at radius 3 is 3.07 bits per heavy atom. The smallest absolute Gasteiger partial charge is 0.0771 e. The summed E-state index contributed by atoms with van der Waals surface area (Å²) in [6, 6.07) is 3.97. The number of thiophene rings is 1. The molecule has 1 aromatic heterocycles. The molecule has 0 fully saturated rings. The SMILES string of the molecule is CC[C@@H](O)C=CC=CC#Cc1cccs1. The van der Waals surface area contributed by atoms with Crippen LogP contribution in [0, 0.1) is 11.8 Å². The van der Waals surface area contributed by atoms with Crippen LogP contribution in [-0.4, -0.2) is 11.2 Å². The summed E-state index contributed by atoms with van der Waals surface area (Å²) in [6.45, 7) is 1.94. The van der Waals surface area contributed by atoms with Crippen LogP contribution >= 0.6 is 11.3 Å². The van der Waals surface area contributed by atoms with Gasteiger partial charge in [-0.25, -0.2) is 0 Å². The normalized spacial score (nSPS) is 12.9. The molecule has 1 N–H and O–H groups in total.